The number of rotatable bonds is 2. The number of nitrogens with zero attached hydrogens (tertiary/aromatic N) is 2. The number of hydrogen-bond donors (Lipinski definition) is 0. The molecular weight excluding hydrogens is 372 g/mol. The number of hydrogen-bond acceptors (Lipinski definition) is 6. The topological polar surface area (TPSA) is 106 Å². The van der Waals surface area contributed by atoms with Crippen LogP contribution >= 0.6 is 0 Å². The first-order valence-electron chi connectivity index (χ1n) is 8.18. The first-order chi connectivity index (χ1) is 11.8. The molecule has 2 aromatic heterocycles. The molecule has 0 radical (unpaired) electrons. The van der Waals surface area contributed by atoms with E-state index < -0.39 is 11.9 Å². The van der Waals surface area contributed by atoms with Gasteiger partial charge in [0.1, 0.15) is 0 Å². The Morgan fingerprint density at radius 1 is 0.741 bits per heavy atom. The molecule has 0 aliphatic heterocycles. The molecule has 7 heteroatoms. The normalized spacial score (nSPS) is 10.9. The molecule has 27 heavy (non-hydrogen) atoms. The molecule has 2 aromatic rings. The molecule has 0 N–H and O–H groups in total. The monoisotopic (exact) mass is 396 g/mol. The Morgan fingerprint density at radius 2 is 1.04 bits per heavy atom. The molecular formula is C20H24CaN2O4. The van der Waals surface area contributed by atoms with Gasteiger partial charge >= 0.3 is 37.7 Å². The Labute approximate surface area is 190 Å². The number of carboxylic acids is 2. The van der Waals surface area contributed by atoms with Crippen LogP contribution in [0.1, 0.15) is 73.6 Å². The van der Waals surface area contributed by atoms with Crippen LogP contribution < -0.4 is 10.2 Å². The summed E-state index contributed by atoms with van der Waals surface area (Å²) in [6, 6.07) is 6.73. The molecule has 2 heterocycles. The predicted molar refractivity (Wildman–Crippen MR) is 100 cm³/mol. The molecule has 140 valence electrons. The van der Waals surface area contributed by atoms with Gasteiger partial charge in [-0.05, 0) is 46.2 Å². The van der Waals surface area contributed by atoms with E-state index in [0.717, 1.165) is 11.1 Å². The van der Waals surface area contributed by atoms with Gasteiger partial charge in [0, 0.05) is 12.4 Å². The maximum Gasteiger partial charge on any atom is 2.00 e. The van der Waals surface area contributed by atoms with Crippen molar-refractivity contribution in [2.24, 2.45) is 0 Å². The zero-order valence-corrected chi connectivity index (χ0v) is 18.9. The van der Waals surface area contributed by atoms with Crippen molar-refractivity contribution in [3.63, 3.8) is 0 Å². The molecule has 0 unspecified atom stereocenters. The summed E-state index contributed by atoms with van der Waals surface area (Å²) in [5, 5.41) is 21.0. The molecule has 6 nitrogen and oxygen atoms in total. The van der Waals surface area contributed by atoms with Crippen molar-refractivity contribution in [2.45, 2.75) is 52.4 Å². The van der Waals surface area contributed by atoms with Crippen molar-refractivity contribution in [3.8, 4) is 0 Å². The summed E-state index contributed by atoms with van der Waals surface area (Å²) in [5.74, 6) is -2.46. The molecule has 0 bridgehead atoms. The van der Waals surface area contributed by atoms with Gasteiger partial charge in [-0.25, -0.2) is 0 Å². The summed E-state index contributed by atoms with van der Waals surface area (Å²) in [7, 11) is 0. The maximum absolute atomic E-state index is 10.5. The Bertz CT molecular complexity index is 726. The number of aromatic nitrogens is 2. The number of carbonyl (C=O) groups is 2. The van der Waals surface area contributed by atoms with Gasteiger partial charge in [-0.15, -0.1) is 0 Å². The van der Waals surface area contributed by atoms with E-state index in [1.807, 2.05) is 53.7 Å². The standard InChI is InChI=1S/2C10H13NO2.Ca/c2*1-10(2,3)7-4-5-11-8(6-7)9(12)13;/h2*4-6H,1-3H3,(H,12,13);/q;;+2/p-2. The summed E-state index contributed by atoms with van der Waals surface area (Å²) in [4.78, 5) is 28.4. The van der Waals surface area contributed by atoms with Gasteiger partial charge in [-0.2, -0.15) is 0 Å². The fourth-order valence-corrected chi connectivity index (χ4v) is 2.02. The Morgan fingerprint density at radius 3 is 1.26 bits per heavy atom. The summed E-state index contributed by atoms with van der Waals surface area (Å²) >= 11 is 0. The summed E-state index contributed by atoms with van der Waals surface area (Å²) in [6.45, 7) is 12.1. The second kappa shape index (κ2) is 10.2. The maximum atomic E-state index is 10.5. The van der Waals surface area contributed by atoms with Crippen molar-refractivity contribution in [1.82, 2.24) is 9.97 Å². The summed E-state index contributed by atoms with van der Waals surface area (Å²) in [6.07, 6.45) is 2.98. The van der Waals surface area contributed by atoms with Gasteiger partial charge in [0.25, 0.3) is 0 Å². The van der Waals surface area contributed by atoms with Crippen LogP contribution in [-0.2, 0) is 10.8 Å². The third kappa shape index (κ3) is 8.37. The second-order valence-electron chi connectivity index (χ2n) is 7.93. The quantitative estimate of drug-likeness (QED) is 0.704. The van der Waals surface area contributed by atoms with Crippen LogP contribution in [0.25, 0.3) is 0 Å². The smallest absolute Gasteiger partial charge is 0.543 e. The van der Waals surface area contributed by atoms with Crippen molar-refractivity contribution in [1.29, 1.82) is 0 Å². The minimum absolute atomic E-state index is 0. The fraction of sp³-hybridized carbons (Fsp3) is 0.400. The van der Waals surface area contributed by atoms with E-state index in [-0.39, 0.29) is 60.0 Å². The van der Waals surface area contributed by atoms with Gasteiger partial charge in [0.05, 0.1) is 23.3 Å². The van der Waals surface area contributed by atoms with Crippen LogP contribution in [0.5, 0.6) is 0 Å². The molecule has 0 aromatic carbocycles. The zero-order chi connectivity index (χ0) is 20.1. The Balaban J connectivity index is 0.000000483. The average Bonchev–Trinajstić information content (AvgIpc) is 2.54. The molecule has 0 aliphatic carbocycles. The molecule has 0 spiro atoms. The first kappa shape index (κ1) is 25.5. The van der Waals surface area contributed by atoms with E-state index in [9.17, 15) is 19.8 Å². The van der Waals surface area contributed by atoms with Crippen molar-refractivity contribution in [3.05, 3.63) is 59.2 Å². The molecule has 0 aliphatic rings. The number of carboxylic acid groups (broad SMARTS) is 2. The van der Waals surface area contributed by atoms with E-state index in [0.29, 0.717) is 0 Å². The van der Waals surface area contributed by atoms with Crippen LogP contribution in [0.4, 0.5) is 0 Å². The van der Waals surface area contributed by atoms with E-state index in [2.05, 4.69) is 9.97 Å². The van der Waals surface area contributed by atoms with Gasteiger partial charge in [-0.1, -0.05) is 41.5 Å². The Kier molecular flexibility index (Phi) is 9.59. The first-order valence-corrected chi connectivity index (χ1v) is 8.18. The average molecular weight is 397 g/mol. The SMILES string of the molecule is CC(C)(C)c1ccnc(C(=O)[O-])c1.CC(C)(C)c1ccnc(C(=O)[O-])c1.[Ca+2]. The van der Waals surface area contributed by atoms with Gasteiger partial charge in [-0.3, -0.25) is 9.97 Å². The zero-order valence-electron chi connectivity index (χ0n) is 16.7. The van der Waals surface area contributed by atoms with Gasteiger partial charge in [0.15, 0.2) is 0 Å². The van der Waals surface area contributed by atoms with Crippen molar-refractivity contribution < 1.29 is 19.8 Å². The number of pyridine rings is 2. The molecule has 2 rings (SSSR count). The Hall–Kier alpha value is -1.50. The summed E-state index contributed by atoms with van der Waals surface area (Å²) < 4.78 is 0. The van der Waals surface area contributed by atoms with Crippen molar-refractivity contribution in [2.75, 3.05) is 0 Å². The largest absolute Gasteiger partial charge is 2.00 e. The molecule has 0 amide bonds. The van der Waals surface area contributed by atoms with Crippen molar-refractivity contribution >= 4 is 49.7 Å². The molecule has 0 atom stereocenters. The predicted octanol–water partition coefficient (Wildman–Crippen LogP) is 1.10. The van der Waals surface area contributed by atoms with E-state index >= 15 is 0 Å². The van der Waals surface area contributed by atoms with Crippen LogP contribution in [0.3, 0.4) is 0 Å². The minimum atomic E-state index is -1.23. The molecule has 0 saturated carbocycles. The third-order valence-corrected chi connectivity index (χ3v) is 3.67. The van der Waals surface area contributed by atoms with Crippen LogP contribution in [-0.4, -0.2) is 59.6 Å². The van der Waals surface area contributed by atoms with Gasteiger partial charge < -0.3 is 19.8 Å². The molecule has 0 saturated heterocycles. The van der Waals surface area contributed by atoms with Gasteiger partial charge in [0.2, 0.25) is 0 Å². The van der Waals surface area contributed by atoms with Crippen LogP contribution in [0.15, 0.2) is 36.7 Å². The number of carbonyl (C=O) groups excluding carboxylic acids is 2. The molecule has 0 fully saturated rings. The van der Waals surface area contributed by atoms with E-state index in [1.165, 1.54) is 12.4 Å². The van der Waals surface area contributed by atoms with Crippen LogP contribution in [0, 0.1) is 0 Å². The second-order valence-corrected chi connectivity index (χ2v) is 7.93. The van der Waals surface area contributed by atoms with E-state index in [1.54, 1.807) is 12.1 Å². The van der Waals surface area contributed by atoms with Crippen LogP contribution in [0.2, 0.25) is 0 Å². The number of aromatic carboxylic acids is 2. The summed E-state index contributed by atoms with van der Waals surface area (Å²) in [5.41, 5.74) is 1.75. The third-order valence-electron chi connectivity index (χ3n) is 3.67. The fourth-order valence-electron chi connectivity index (χ4n) is 2.02. The van der Waals surface area contributed by atoms with E-state index in [4.69, 9.17) is 0 Å². The minimum Gasteiger partial charge on any atom is -0.543 e.